The Bertz CT molecular complexity index is 1230. The van der Waals surface area contributed by atoms with Crippen LogP contribution in [0.5, 0.6) is 0 Å². The lowest BCUT2D eigenvalue weighted by molar-refractivity contribution is -0.310. The predicted molar refractivity (Wildman–Crippen MR) is 106 cm³/mol. The summed E-state index contributed by atoms with van der Waals surface area (Å²) in [4.78, 5) is 12.3. The van der Waals surface area contributed by atoms with E-state index in [1.54, 1.807) is 37.3 Å². The number of halogens is 2. The molecule has 1 N–H and O–H groups in total. The van der Waals surface area contributed by atoms with Crippen LogP contribution in [0.15, 0.2) is 57.3 Å². The van der Waals surface area contributed by atoms with Crippen molar-refractivity contribution in [2.45, 2.75) is 35.4 Å². The zero-order valence-corrected chi connectivity index (χ0v) is 18.0. The van der Waals surface area contributed by atoms with Gasteiger partial charge in [-0.05, 0) is 23.6 Å². The molecule has 0 radical (unpaired) electrons. The van der Waals surface area contributed by atoms with Crippen LogP contribution >= 0.6 is 11.3 Å². The Labute approximate surface area is 180 Å². The molecule has 1 aromatic carbocycles. The molecular formula is C20H17F2N2O5S2-. The average molecular weight is 467 g/mol. The molecule has 1 aliphatic carbocycles. The molecule has 0 aliphatic heterocycles. The summed E-state index contributed by atoms with van der Waals surface area (Å²) >= 11 is 0.764. The van der Waals surface area contributed by atoms with Gasteiger partial charge in [0, 0.05) is 18.9 Å². The molecule has 0 spiro atoms. The second kappa shape index (κ2) is 7.21. The fourth-order valence-electron chi connectivity index (χ4n) is 3.76. The van der Waals surface area contributed by atoms with Crippen molar-refractivity contribution in [1.29, 1.82) is 0 Å². The quantitative estimate of drug-likeness (QED) is 0.572. The molecule has 3 atom stereocenters. The third kappa shape index (κ3) is 3.66. The zero-order chi connectivity index (χ0) is 22.6. The summed E-state index contributed by atoms with van der Waals surface area (Å²) in [7, 11) is -4.24. The van der Waals surface area contributed by atoms with Gasteiger partial charge in [0.2, 0.25) is 5.76 Å². The number of thiophene rings is 1. The number of hydrogen-bond acceptors (Lipinski definition) is 7. The lowest BCUT2D eigenvalue weighted by Crippen LogP contribution is -2.52. The number of alkyl halides is 2. The van der Waals surface area contributed by atoms with E-state index < -0.39 is 45.1 Å². The maximum Gasteiger partial charge on any atom is 0.304 e. The highest BCUT2D eigenvalue weighted by molar-refractivity contribution is 7.91. The number of nitrogens with one attached hydrogen (secondary N) is 1. The molecule has 1 unspecified atom stereocenters. The van der Waals surface area contributed by atoms with Crippen molar-refractivity contribution >= 4 is 27.3 Å². The van der Waals surface area contributed by atoms with Crippen molar-refractivity contribution < 1.29 is 31.6 Å². The first-order valence-electron chi connectivity index (χ1n) is 9.22. The fourth-order valence-corrected chi connectivity index (χ4v) is 6.47. The van der Waals surface area contributed by atoms with Crippen LogP contribution in [0.4, 0.5) is 8.78 Å². The van der Waals surface area contributed by atoms with Gasteiger partial charge in [-0.15, -0.1) is 11.3 Å². The molecular weight excluding hydrogens is 450 g/mol. The summed E-state index contributed by atoms with van der Waals surface area (Å²) in [6, 6.07) is 12.4. The van der Waals surface area contributed by atoms with E-state index in [2.05, 4.69) is 14.4 Å². The molecule has 0 bridgehead atoms. The first-order chi connectivity index (χ1) is 14.5. The minimum atomic E-state index is -4.24. The van der Waals surface area contributed by atoms with E-state index in [-0.39, 0.29) is 14.8 Å². The summed E-state index contributed by atoms with van der Waals surface area (Å²) in [6.07, 6.45) is 0. The van der Waals surface area contributed by atoms with Crippen LogP contribution in [0.3, 0.4) is 0 Å². The third-order valence-electron chi connectivity index (χ3n) is 5.44. The Morgan fingerprint density at radius 3 is 2.52 bits per heavy atom. The molecule has 1 saturated carbocycles. The van der Waals surface area contributed by atoms with Crippen molar-refractivity contribution in [3.05, 3.63) is 59.9 Å². The molecule has 3 aromatic rings. The van der Waals surface area contributed by atoms with Crippen molar-refractivity contribution in [2.75, 3.05) is 0 Å². The molecule has 0 saturated heterocycles. The van der Waals surface area contributed by atoms with Gasteiger partial charge in [-0.2, -0.15) is 13.5 Å². The molecule has 2 heterocycles. The standard InChI is InChI=1S/C20H18F2N2O5S2/c1-11-17(12-6-4-3-5-7-12)20(11,18(25)26)24-31(27,28)16-9-8-14(30-16)13-10-15(29-23-13)19(2,21)22/h3-11,17,24H,1-2H3,(H,25,26)/p-1/t11?,17-,20-/m0/s1. The number of aliphatic carboxylic acids is 1. The Morgan fingerprint density at radius 2 is 1.94 bits per heavy atom. The highest BCUT2D eigenvalue weighted by atomic mass is 32.2. The number of aromatic nitrogens is 1. The van der Waals surface area contributed by atoms with Crippen LogP contribution < -0.4 is 9.83 Å². The largest absolute Gasteiger partial charge is 0.548 e. The number of hydrogen-bond donors (Lipinski definition) is 1. The Kier molecular flexibility index (Phi) is 5.02. The molecule has 4 rings (SSSR count). The summed E-state index contributed by atoms with van der Waals surface area (Å²) in [5.74, 6) is -6.50. The number of carbonyl (C=O) groups is 1. The molecule has 31 heavy (non-hydrogen) atoms. The van der Waals surface area contributed by atoms with Gasteiger partial charge in [-0.25, -0.2) is 8.42 Å². The van der Waals surface area contributed by atoms with E-state index in [0.717, 1.165) is 17.4 Å². The van der Waals surface area contributed by atoms with Gasteiger partial charge in [0.1, 0.15) is 9.90 Å². The smallest absolute Gasteiger partial charge is 0.304 e. The van der Waals surface area contributed by atoms with E-state index in [1.807, 2.05) is 0 Å². The maximum absolute atomic E-state index is 13.4. The molecule has 7 nitrogen and oxygen atoms in total. The van der Waals surface area contributed by atoms with Gasteiger partial charge in [0.15, 0.2) is 0 Å². The topological polar surface area (TPSA) is 112 Å². The average Bonchev–Trinajstić information content (AvgIpc) is 3.13. The first kappa shape index (κ1) is 21.6. The van der Waals surface area contributed by atoms with Crippen LogP contribution in [0.25, 0.3) is 10.6 Å². The fraction of sp³-hybridized carbons (Fsp3) is 0.300. The lowest BCUT2D eigenvalue weighted by atomic mass is 10.1. The van der Waals surface area contributed by atoms with E-state index in [1.165, 1.54) is 12.1 Å². The second-order valence-corrected chi connectivity index (χ2v) is 10.5. The number of nitrogens with zero attached hydrogens (tertiary/aromatic N) is 1. The van der Waals surface area contributed by atoms with Crippen LogP contribution in [0, 0.1) is 5.92 Å². The van der Waals surface area contributed by atoms with E-state index in [9.17, 15) is 27.1 Å². The van der Waals surface area contributed by atoms with E-state index in [0.29, 0.717) is 12.5 Å². The molecule has 1 fully saturated rings. The number of rotatable bonds is 7. The number of benzene rings is 1. The van der Waals surface area contributed by atoms with Crippen LogP contribution in [-0.2, 0) is 20.7 Å². The van der Waals surface area contributed by atoms with E-state index in [4.69, 9.17) is 0 Å². The normalized spacial score (nSPS) is 23.6. The van der Waals surface area contributed by atoms with Crippen molar-refractivity contribution in [3.63, 3.8) is 0 Å². The van der Waals surface area contributed by atoms with E-state index >= 15 is 0 Å². The van der Waals surface area contributed by atoms with Crippen LogP contribution in [0.1, 0.15) is 31.1 Å². The van der Waals surface area contributed by atoms with Gasteiger partial charge < -0.3 is 14.4 Å². The molecule has 11 heteroatoms. The first-order valence-corrected chi connectivity index (χ1v) is 11.5. The van der Waals surface area contributed by atoms with Gasteiger partial charge in [0.05, 0.1) is 16.4 Å². The highest BCUT2D eigenvalue weighted by Crippen LogP contribution is 2.57. The van der Waals surface area contributed by atoms with Crippen molar-refractivity contribution in [2.24, 2.45) is 5.92 Å². The minimum Gasteiger partial charge on any atom is -0.548 e. The summed E-state index contributed by atoms with van der Waals surface area (Å²) in [5, 5.41) is 15.5. The summed E-state index contributed by atoms with van der Waals surface area (Å²) < 4.78 is 59.4. The predicted octanol–water partition coefficient (Wildman–Crippen LogP) is 2.72. The maximum atomic E-state index is 13.4. The molecule has 164 valence electrons. The summed E-state index contributed by atoms with van der Waals surface area (Å²) in [6.45, 7) is 2.29. The zero-order valence-electron chi connectivity index (χ0n) is 16.3. The number of carboxylic acid groups (broad SMARTS) is 1. The van der Waals surface area contributed by atoms with Gasteiger partial charge in [0.25, 0.3) is 10.0 Å². The third-order valence-corrected chi connectivity index (χ3v) is 8.52. The highest BCUT2D eigenvalue weighted by Gasteiger charge is 2.65. The Morgan fingerprint density at radius 1 is 1.26 bits per heavy atom. The van der Waals surface area contributed by atoms with Gasteiger partial charge in [-0.3, -0.25) is 0 Å². The number of carboxylic acids is 1. The monoisotopic (exact) mass is 467 g/mol. The lowest BCUT2D eigenvalue weighted by Gasteiger charge is -2.21. The minimum absolute atomic E-state index is 0.0551. The molecule has 1 aliphatic rings. The Hall–Kier alpha value is -2.63. The van der Waals surface area contributed by atoms with Crippen LogP contribution in [0.2, 0.25) is 0 Å². The van der Waals surface area contributed by atoms with Gasteiger partial charge >= 0.3 is 5.92 Å². The van der Waals surface area contributed by atoms with Crippen molar-refractivity contribution in [3.8, 4) is 10.6 Å². The van der Waals surface area contributed by atoms with Crippen molar-refractivity contribution in [1.82, 2.24) is 9.88 Å². The van der Waals surface area contributed by atoms with Crippen LogP contribution in [-0.4, -0.2) is 25.1 Å². The van der Waals surface area contributed by atoms with Gasteiger partial charge in [-0.1, -0.05) is 42.4 Å². The SMILES string of the molecule is CC1[C@@H](c2ccccc2)[C@]1(NS(=O)(=O)c1ccc(-c2cc(C(C)(F)F)on2)s1)C(=O)[O-]. The Balaban J connectivity index is 1.62. The second-order valence-electron chi connectivity index (χ2n) is 7.52. The summed E-state index contributed by atoms with van der Waals surface area (Å²) in [5.41, 5.74) is -1.04. The number of sulfonamides is 1. The number of carbonyl (C=O) groups excluding carboxylic acids is 1. The molecule has 2 aromatic heterocycles. The molecule has 0 amide bonds.